The number of thiophene rings is 1. The Morgan fingerprint density at radius 2 is 2.13 bits per heavy atom. The first-order valence-corrected chi connectivity index (χ1v) is 6.32. The first kappa shape index (κ1) is 13.0. The van der Waals surface area contributed by atoms with E-state index in [4.69, 9.17) is 0 Å². The molecular weight excluding hydrogens is 226 g/mol. The average molecular weight is 246 g/mol. The first-order chi connectivity index (χ1) is 6.74. The normalized spacial score (nSPS) is 17.2. The SMILES string of the molecule is CCC1(CNCc2ccc(C)s2)CC1.Cl. The number of halogens is 1. The van der Waals surface area contributed by atoms with Crippen molar-refractivity contribution in [1.29, 1.82) is 0 Å². The molecule has 1 aliphatic rings. The van der Waals surface area contributed by atoms with E-state index in [-0.39, 0.29) is 12.4 Å². The molecule has 1 N–H and O–H groups in total. The van der Waals surface area contributed by atoms with Gasteiger partial charge >= 0.3 is 0 Å². The fraction of sp³-hybridized carbons (Fsp3) is 0.667. The molecule has 0 spiro atoms. The maximum atomic E-state index is 3.58. The van der Waals surface area contributed by atoms with Crippen LogP contribution >= 0.6 is 23.7 Å². The summed E-state index contributed by atoms with van der Waals surface area (Å²) in [7, 11) is 0. The van der Waals surface area contributed by atoms with Gasteiger partial charge in [0.05, 0.1) is 0 Å². The molecule has 86 valence electrons. The predicted octanol–water partition coefficient (Wildman–Crippen LogP) is 3.76. The Bertz CT molecular complexity index is 304. The molecule has 1 aliphatic carbocycles. The molecule has 15 heavy (non-hydrogen) atoms. The van der Waals surface area contributed by atoms with E-state index in [0.29, 0.717) is 5.41 Å². The highest BCUT2D eigenvalue weighted by Crippen LogP contribution is 2.47. The van der Waals surface area contributed by atoms with Gasteiger partial charge in [-0.05, 0) is 43.7 Å². The molecule has 3 heteroatoms. The summed E-state index contributed by atoms with van der Waals surface area (Å²) in [6.45, 7) is 6.74. The minimum atomic E-state index is 0. The monoisotopic (exact) mass is 245 g/mol. The van der Waals surface area contributed by atoms with Gasteiger partial charge in [0, 0.05) is 22.8 Å². The van der Waals surface area contributed by atoms with Crippen LogP contribution in [0.5, 0.6) is 0 Å². The van der Waals surface area contributed by atoms with Crippen LogP contribution in [0.3, 0.4) is 0 Å². The molecule has 1 aromatic heterocycles. The van der Waals surface area contributed by atoms with Gasteiger partial charge in [-0.1, -0.05) is 6.92 Å². The summed E-state index contributed by atoms with van der Waals surface area (Å²) in [5.74, 6) is 0. The van der Waals surface area contributed by atoms with Crippen LogP contribution < -0.4 is 5.32 Å². The Morgan fingerprint density at radius 1 is 1.40 bits per heavy atom. The van der Waals surface area contributed by atoms with Gasteiger partial charge in [-0.3, -0.25) is 0 Å². The summed E-state index contributed by atoms with van der Waals surface area (Å²) in [4.78, 5) is 2.88. The molecular formula is C12H20ClNS. The summed E-state index contributed by atoms with van der Waals surface area (Å²) >= 11 is 1.90. The summed E-state index contributed by atoms with van der Waals surface area (Å²) in [6.07, 6.45) is 4.20. The van der Waals surface area contributed by atoms with E-state index < -0.39 is 0 Å². The van der Waals surface area contributed by atoms with Gasteiger partial charge in [-0.25, -0.2) is 0 Å². The summed E-state index contributed by atoms with van der Waals surface area (Å²) in [6, 6.07) is 4.44. The Hall–Kier alpha value is -0.0500. The average Bonchev–Trinajstić information content (AvgIpc) is 2.84. The molecule has 0 unspecified atom stereocenters. The zero-order chi connectivity index (χ0) is 10.0. The van der Waals surface area contributed by atoms with Crippen molar-refractivity contribution in [2.75, 3.05) is 6.54 Å². The molecule has 0 bridgehead atoms. The number of nitrogens with one attached hydrogen (secondary N) is 1. The van der Waals surface area contributed by atoms with E-state index in [0.717, 1.165) is 6.54 Å². The van der Waals surface area contributed by atoms with E-state index in [1.807, 2.05) is 11.3 Å². The molecule has 1 heterocycles. The molecule has 2 rings (SSSR count). The van der Waals surface area contributed by atoms with Gasteiger partial charge in [0.1, 0.15) is 0 Å². The number of hydrogen-bond acceptors (Lipinski definition) is 2. The topological polar surface area (TPSA) is 12.0 Å². The van der Waals surface area contributed by atoms with Gasteiger partial charge in [0.15, 0.2) is 0 Å². The van der Waals surface area contributed by atoms with Crippen LogP contribution in [0.15, 0.2) is 12.1 Å². The third kappa shape index (κ3) is 3.47. The third-order valence-electron chi connectivity index (χ3n) is 3.30. The fourth-order valence-corrected chi connectivity index (χ4v) is 2.72. The highest BCUT2D eigenvalue weighted by Gasteiger charge is 2.39. The van der Waals surface area contributed by atoms with Crippen molar-refractivity contribution in [2.45, 2.75) is 39.7 Å². The van der Waals surface area contributed by atoms with Crippen LogP contribution in [-0.2, 0) is 6.54 Å². The standard InChI is InChI=1S/C12H19NS.ClH/c1-3-12(6-7-12)9-13-8-11-5-4-10(2)14-11;/h4-5,13H,3,6-9H2,1-2H3;1H. The zero-order valence-corrected chi connectivity index (χ0v) is 11.1. The van der Waals surface area contributed by atoms with Crippen LogP contribution in [0.4, 0.5) is 0 Å². The van der Waals surface area contributed by atoms with Crippen LogP contribution in [0, 0.1) is 12.3 Å². The second kappa shape index (κ2) is 5.33. The maximum absolute atomic E-state index is 3.58. The predicted molar refractivity (Wildman–Crippen MR) is 70.0 cm³/mol. The molecule has 0 aromatic carbocycles. The Balaban J connectivity index is 0.00000112. The van der Waals surface area contributed by atoms with Crippen molar-refractivity contribution in [3.05, 3.63) is 21.9 Å². The molecule has 1 fully saturated rings. The lowest BCUT2D eigenvalue weighted by atomic mass is 10.0. The van der Waals surface area contributed by atoms with E-state index in [1.165, 1.54) is 35.6 Å². The quantitative estimate of drug-likeness (QED) is 0.833. The lowest BCUT2D eigenvalue weighted by Crippen LogP contribution is -2.22. The van der Waals surface area contributed by atoms with E-state index in [9.17, 15) is 0 Å². The van der Waals surface area contributed by atoms with Gasteiger partial charge in [0.2, 0.25) is 0 Å². The maximum Gasteiger partial charge on any atom is 0.0300 e. The fourth-order valence-electron chi connectivity index (χ4n) is 1.86. The van der Waals surface area contributed by atoms with Crippen molar-refractivity contribution < 1.29 is 0 Å². The number of rotatable bonds is 5. The van der Waals surface area contributed by atoms with Gasteiger partial charge in [-0.2, -0.15) is 0 Å². The summed E-state index contributed by atoms with van der Waals surface area (Å²) < 4.78 is 0. The van der Waals surface area contributed by atoms with E-state index in [2.05, 4.69) is 31.3 Å². The second-order valence-electron chi connectivity index (χ2n) is 4.47. The summed E-state index contributed by atoms with van der Waals surface area (Å²) in [5.41, 5.74) is 0.673. The van der Waals surface area contributed by atoms with Gasteiger partial charge in [0.25, 0.3) is 0 Å². The molecule has 1 saturated carbocycles. The number of hydrogen-bond donors (Lipinski definition) is 1. The Kier molecular flexibility index (Phi) is 4.63. The van der Waals surface area contributed by atoms with Crippen LogP contribution in [0.25, 0.3) is 0 Å². The molecule has 1 aromatic rings. The minimum absolute atomic E-state index is 0. The molecule has 0 atom stereocenters. The minimum Gasteiger partial charge on any atom is -0.311 e. The summed E-state index contributed by atoms with van der Waals surface area (Å²) in [5, 5.41) is 3.58. The lowest BCUT2D eigenvalue weighted by molar-refractivity contribution is 0.444. The smallest absolute Gasteiger partial charge is 0.0300 e. The molecule has 0 radical (unpaired) electrons. The second-order valence-corrected chi connectivity index (χ2v) is 5.84. The van der Waals surface area contributed by atoms with Crippen LogP contribution in [0.2, 0.25) is 0 Å². The van der Waals surface area contributed by atoms with E-state index >= 15 is 0 Å². The Labute approximate surface area is 103 Å². The van der Waals surface area contributed by atoms with Crippen LogP contribution in [0.1, 0.15) is 35.9 Å². The largest absolute Gasteiger partial charge is 0.311 e. The van der Waals surface area contributed by atoms with Crippen molar-refractivity contribution >= 4 is 23.7 Å². The van der Waals surface area contributed by atoms with Gasteiger partial charge in [-0.15, -0.1) is 23.7 Å². The van der Waals surface area contributed by atoms with Crippen molar-refractivity contribution in [1.82, 2.24) is 5.32 Å². The highest BCUT2D eigenvalue weighted by molar-refractivity contribution is 7.11. The zero-order valence-electron chi connectivity index (χ0n) is 9.51. The van der Waals surface area contributed by atoms with Crippen molar-refractivity contribution in [3.8, 4) is 0 Å². The van der Waals surface area contributed by atoms with Gasteiger partial charge < -0.3 is 5.32 Å². The van der Waals surface area contributed by atoms with Crippen molar-refractivity contribution in [2.24, 2.45) is 5.41 Å². The first-order valence-electron chi connectivity index (χ1n) is 5.50. The third-order valence-corrected chi connectivity index (χ3v) is 4.30. The lowest BCUT2D eigenvalue weighted by Gasteiger charge is -2.12. The van der Waals surface area contributed by atoms with E-state index in [1.54, 1.807) is 0 Å². The van der Waals surface area contributed by atoms with Crippen LogP contribution in [-0.4, -0.2) is 6.54 Å². The number of aryl methyl sites for hydroxylation is 1. The van der Waals surface area contributed by atoms with Crippen molar-refractivity contribution in [3.63, 3.8) is 0 Å². The molecule has 0 saturated heterocycles. The molecule has 1 nitrogen and oxygen atoms in total. The highest BCUT2D eigenvalue weighted by atomic mass is 35.5. The molecule has 0 aliphatic heterocycles. The Morgan fingerprint density at radius 3 is 2.60 bits per heavy atom. The molecule has 0 amide bonds.